The van der Waals surface area contributed by atoms with Gasteiger partial charge in [-0.2, -0.15) is 0 Å². The smallest absolute Gasteiger partial charge is 0.194 e. The molecule has 0 saturated carbocycles. The molecule has 138 valence electrons. The summed E-state index contributed by atoms with van der Waals surface area (Å²) in [5.74, 6) is 0. The Labute approximate surface area is 170 Å². The van der Waals surface area contributed by atoms with Gasteiger partial charge in [0.25, 0.3) is 0 Å². The van der Waals surface area contributed by atoms with E-state index in [9.17, 15) is 9.59 Å². The van der Waals surface area contributed by atoms with Crippen LogP contribution < -0.4 is 10.9 Å². The lowest BCUT2D eigenvalue weighted by Crippen LogP contribution is -1.94. The second-order valence-corrected chi connectivity index (χ2v) is 8.05. The fraction of sp³-hybridized carbons (Fsp3) is 0. The van der Waals surface area contributed by atoms with Gasteiger partial charge in [-0.25, -0.2) is 0 Å². The van der Waals surface area contributed by atoms with Crippen LogP contribution in [0.15, 0.2) is 94.5 Å². The molecule has 2 heteroatoms. The molecule has 7 rings (SSSR count). The van der Waals surface area contributed by atoms with Gasteiger partial charge >= 0.3 is 0 Å². The minimum absolute atomic E-state index is 0.0844. The molecule has 0 aliphatic rings. The summed E-state index contributed by atoms with van der Waals surface area (Å²) < 4.78 is 0. The van der Waals surface area contributed by atoms with Crippen molar-refractivity contribution in [1.29, 1.82) is 0 Å². The van der Waals surface area contributed by atoms with Gasteiger partial charge in [0.05, 0.1) is 0 Å². The Morgan fingerprint density at radius 3 is 1.30 bits per heavy atom. The molecule has 0 heterocycles. The molecule has 0 N–H and O–H groups in total. The Morgan fingerprint density at radius 2 is 0.733 bits per heavy atom. The first-order valence-electron chi connectivity index (χ1n) is 10.0. The third-order valence-electron chi connectivity index (χ3n) is 6.52. The van der Waals surface area contributed by atoms with Crippen LogP contribution in [0.5, 0.6) is 0 Å². The zero-order valence-electron chi connectivity index (χ0n) is 15.9. The van der Waals surface area contributed by atoms with Gasteiger partial charge in [0.1, 0.15) is 0 Å². The Balaban J connectivity index is 1.71. The second-order valence-electron chi connectivity index (χ2n) is 8.05. The van der Waals surface area contributed by atoms with E-state index in [0.717, 1.165) is 64.6 Å². The highest BCUT2D eigenvalue weighted by molar-refractivity contribution is 6.23. The number of rotatable bonds is 0. The lowest BCUT2D eigenvalue weighted by Gasteiger charge is -2.06. The molecule has 0 spiro atoms. The minimum atomic E-state index is 0.0844. The van der Waals surface area contributed by atoms with E-state index >= 15 is 0 Å². The molecule has 7 aromatic rings. The minimum Gasteiger partial charge on any atom is -0.289 e. The summed E-state index contributed by atoms with van der Waals surface area (Å²) in [5.41, 5.74) is 0.170. The molecule has 0 atom stereocenters. The monoisotopic (exact) mass is 382 g/mol. The summed E-state index contributed by atoms with van der Waals surface area (Å²) in [6.07, 6.45) is 0. The first kappa shape index (κ1) is 15.8. The Bertz CT molecular complexity index is 1930. The molecule has 0 amide bonds. The van der Waals surface area contributed by atoms with Gasteiger partial charge in [-0.1, -0.05) is 60.7 Å². The molecule has 0 aliphatic carbocycles. The molecule has 0 aromatic heterocycles. The van der Waals surface area contributed by atoms with Crippen molar-refractivity contribution < 1.29 is 0 Å². The molecule has 0 bridgehead atoms. The Kier molecular flexibility index (Phi) is 2.80. The van der Waals surface area contributed by atoms with Crippen molar-refractivity contribution in [2.45, 2.75) is 0 Å². The summed E-state index contributed by atoms with van der Waals surface area (Å²) in [6.45, 7) is 0. The topological polar surface area (TPSA) is 34.1 Å². The normalized spacial score (nSPS) is 12.3. The highest BCUT2D eigenvalue weighted by Gasteiger charge is 2.14. The van der Waals surface area contributed by atoms with Gasteiger partial charge in [-0.3, -0.25) is 9.59 Å². The molecule has 0 saturated heterocycles. The summed E-state index contributed by atoms with van der Waals surface area (Å²) in [4.78, 5) is 25.9. The predicted molar refractivity (Wildman–Crippen MR) is 126 cm³/mol. The van der Waals surface area contributed by atoms with E-state index in [-0.39, 0.29) is 10.9 Å². The lowest BCUT2D eigenvalue weighted by atomic mass is 9.97. The zero-order chi connectivity index (χ0) is 20.0. The van der Waals surface area contributed by atoms with E-state index in [2.05, 4.69) is 24.3 Å². The molecular formula is C28H14O2. The van der Waals surface area contributed by atoms with Crippen molar-refractivity contribution in [3.63, 3.8) is 0 Å². The summed E-state index contributed by atoms with van der Waals surface area (Å²) >= 11 is 0. The molecule has 0 radical (unpaired) electrons. The lowest BCUT2D eigenvalue weighted by molar-refractivity contribution is 1.80. The second kappa shape index (κ2) is 5.31. The van der Waals surface area contributed by atoms with Crippen molar-refractivity contribution in [3.05, 3.63) is 105 Å². The van der Waals surface area contributed by atoms with Crippen molar-refractivity contribution >= 4 is 64.6 Å². The first-order valence-corrected chi connectivity index (χ1v) is 10.0. The fourth-order valence-electron chi connectivity index (χ4n) is 5.10. The van der Waals surface area contributed by atoms with Gasteiger partial charge in [-0.05, 0) is 67.4 Å². The van der Waals surface area contributed by atoms with Crippen LogP contribution in [-0.4, -0.2) is 0 Å². The molecule has 0 aliphatic heterocycles. The van der Waals surface area contributed by atoms with Crippen LogP contribution in [0.25, 0.3) is 64.6 Å². The van der Waals surface area contributed by atoms with Crippen LogP contribution in [-0.2, 0) is 0 Å². The maximum atomic E-state index is 13.0. The van der Waals surface area contributed by atoms with Crippen molar-refractivity contribution in [3.8, 4) is 0 Å². The van der Waals surface area contributed by atoms with Gasteiger partial charge in [0, 0.05) is 21.5 Å². The average molecular weight is 382 g/mol. The van der Waals surface area contributed by atoms with E-state index in [1.165, 1.54) is 0 Å². The van der Waals surface area contributed by atoms with Gasteiger partial charge in [0.15, 0.2) is 10.9 Å². The Hall–Kier alpha value is -4.04. The summed E-state index contributed by atoms with van der Waals surface area (Å²) in [6, 6.07) is 28.0. The maximum Gasteiger partial charge on any atom is 0.194 e. The molecular weight excluding hydrogens is 368 g/mol. The van der Waals surface area contributed by atoms with Crippen LogP contribution in [0.3, 0.4) is 0 Å². The Morgan fingerprint density at radius 1 is 0.333 bits per heavy atom. The van der Waals surface area contributed by atoms with Crippen LogP contribution >= 0.6 is 0 Å². The van der Waals surface area contributed by atoms with Crippen LogP contribution in [0, 0.1) is 0 Å². The number of benzene rings is 5. The molecule has 7 aromatic carbocycles. The first-order chi connectivity index (χ1) is 14.7. The van der Waals surface area contributed by atoms with Gasteiger partial charge in [0.2, 0.25) is 0 Å². The van der Waals surface area contributed by atoms with Crippen LogP contribution in [0.2, 0.25) is 0 Å². The fourth-order valence-corrected chi connectivity index (χ4v) is 5.10. The third-order valence-corrected chi connectivity index (χ3v) is 6.52. The molecule has 0 unspecified atom stereocenters. The van der Waals surface area contributed by atoms with E-state index in [1.54, 1.807) is 0 Å². The van der Waals surface area contributed by atoms with Crippen LogP contribution in [0.4, 0.5) is 0 Å². The van der Waals surface area contributed by atoms with Crippen molar-refractivity contribution in [2.24, 2.45) is 0 Å². The molecule has 30 heavy (non-hydrogen) atoms. The third kappa shape index (κ3) is 1.84. The average Bonchev–Trinajstić information content (AvgIpc) is 3.23. The number of hydrogen-bond acceptors (Lipinski definition) is 2. The maximum absolute atomic E-state index is 13.0. The quantitative estimate of drug-likeness (QED) is 0.293. The molecule has 2 nitrogen and oxygen atoms in total. The molecule has 0 fully saturated rings. The van der Waals surface area contributed by atoms with Gasteiger partial charge < -0.3 is 0 Å². The number of fused-ring (bicyclic) bond motifs is 9. The van der Waals surface area contributed by atoms with Gasteiger partial charge in [-0.15, -0.1) is 0 Å². The highest BCUT2D eigenvalue weighted by Crippen LogP contribution is 2.35. The summed E-state index contributed by atoms with van der Waals surface area (Å²) in [5, 5.41) is 11.3. The van der Waals surface area contributed by atoms with E-state index < -0.39 is 0 Å². The van der Waals surface area contributed by atoms with Crippen molar-refractivity contribution in [1.82, 2.24) is 0 Å². The van der Waals surface area contributed by atoms with E-state index in [1.807, 2.05) is 60.7 Å². The zero-order valence-corrected chi connectivity index (χ0v) is 15.9. The number of hydrogen-bond donors (Lipinski definition) is 0. The standard InChI is InChI=1S/C28H14O2/c29-27-20-8-4-2-6-18(20)24-13-21-16(12-25(24)27)10-9-15-11-23-17-5-1-3-7-19(17)28(30)26(23)14-22(15)21/h1-14H. The highest BCUT2D eigenvalue weighted by atomic mass is 16.1. The van der Waals surface area contributed by atoms with Crippen LogP contribution in [0.1, 0.15) is 0 Å². The SMILES string of the molecule is O=c1c2ccccc2c2cc3ccc4cc5c(=O)c6ccccc6c5cc4c3cc12. The predicted octanol–water partition coefficient (Wildman–Crippen LogP) is 6.20. The largest absolute Gasteiger partial charge is 0.289 e. The summed E-state index contributed by atoms with van der Waals surface area (Å²) in [7, 11) is 0. The van der Waals surface area contributed by atoms with E-state index in [4.69, 9.17) is 0 Å². The van der Waals surface area contributed by atoms with Crippen molar-refractivity contribution in [2.75, 3.05) is 0 Å². The van der Waals surface area contributed by atoms with E-state index in [0.29, 0.717) is 0 Å².